The fraction of sp³-hybridized carbons (Fsp3) is 0.450. The lowest BCUT2D eigenvalue weighted by molar-refractivity contribution is -0.125. The molecule has 8 heteroatoms. The van der Waals surface area contributed by atoms with Crippen molar-refractivity contribution in [2.24, 2.45) is 5.92 Å². The molecule has 1 N–H and O–H groups in total. The number of halogens is 1. The van der Waals surface area contributed by atoms with Crippen LogP contribution in [0.3, 0.4) is 0 Å². The van der Waals surface area contributed by atoms with Gasteiger partial charge in [0.1, 0.15) is 5.82 Å². The molecule has 1 atom stereocenters. The van der Waals surface area contributed by atoms with Crippen LogP contribution in [0.1, 0.15) is 25.3 Å². The summed E-state index contributed by atoms with van der Waals surface area (Å²) in [7, 11) is 0. The minimum absolute atomic E-state index is 0.0986. The fourth-order valence-corrected chi connectivity index (χ4v) is 4.28. The van der Waals surface area contributed by atoms with Crippen LogP contribution in [0.25, 0.3) is 6.08 Å². The highest BCUT2D eigenvalue weighted by atomic mass is 32.2. The summed E-state index contributed by atoms with van der Waals surface area (Å²) in [6.45, 7) is 4.64. The molecule has 0 spiro atoms. The van der Waals surface area contributed by atoms with E-state index >= 15 is 0 Å². The van der Waals surface area contributed by atoms with Crippen molar-refractivity contribution in [3.05, 3.63) is 40.6 Å². The highest BCUT2D eigenvalue weighted by Gasteiger charge is 2.34. The Morgan fingerprint density at radius 3 is 2.89 bits per heavy atom. The molecule has 0 radical (unpaired) electrons. The van der Waals surface area contributed by atoms with Gasteiger partial charge in [-0.15, -0.1) is 0 Å². The topological polar surface area (TPSA) is 69.7 Å². The number of thioether (sulfide) groups is 1. The predicted molar refractivity (Wildman–Crippen MR) is 107 cm³/mol. The third kappa shape index (κ3) is 5.20. The van der Waals surface area contributed by atoms with Gasteiger partial charge in [-0.3, -0.25) is 24.2 Å². The second-order valence-corrected chi connectivity index (χ2v) is 8.18. The molecule has 150 valence electrons. The first-order chi connectivity index (χ1) is 13.4. The van der Waals surface area contributed by atoms with Crippen molar-refractivity contribution in [2.45, 2.75) is 19.8 Å². The number of rotatable bonds is 6. The van der Waals surface area contributed by atoms with E-state index < -0.39 is 17.0 Å². The first-order valence-corrected chi connectivity index (χ1v) is 10.2. The summed E-state index contributed by atoms with van der Waals surface area (Å²) >= 11 is 0.784. The molecular formula is C20H24FN3O3S. The van der Waals surface area contributed by atoms with Crippen molar-refractivity contribution in [3.63, 3.8) is 0 Å². The molecule has 1 unspecified atom stereocenters. The number of imide groups is 1. The van der Waals surface area contributed by atoms with E-state index in [2.05, 4.69) is 17.1 Å². The van der Waals surface area contributed by atoms with E-state index in [1.807, 2.05) is 0 Å². The van der Waals surface area contributed by atoms with E-state index in [1.54, 1.807) is 18.2 Å². The van der Waals surface area contributed by atoms with Gasteiger partial charge in [0, 0.05) is 25.2 Å². The summed E-state index contributed by atoms with van der Waals surface area (Å²) < 4.78 is 13.8. The molecule has 0 saturated carbocycles. The molecule has 2 saturated heterocycles. The highest BCUT2D eigenvalue weighted by Crippen LogP contribution is 2.32. The van der Waals surface area contributed by atoms with Crippen LogP contribution in [-0.2, 0) is 9.59 Å². The van der Waals surface area contributed by atoms with Crippen LogP contribution in [-0.4, -0.2) is 59.6 Å². The van der Waals surface area contributed by atoms with E-state index in [9.17, 15) is 18.8 Å². The van der Waals surface area contributed by atoms with Crippen LogP contribution in [0.5, 0.6) is 0 Å². The van der Waals surface area contributed by atoms with Crippen molar-refractivity contribution in [1.82, 2.24) is 15.1 Å². The Morgan fingerprint density at radius 1 is 1.36 bits per heavy atom. The van der Waals surface area contributed by atoms with Crippen molar-refractivity contribution >= 4 is 34.9 Å². The number of hydrogen-bond acceptors (Lipinski definition) is 5. The average Bonchev–Trinajstić information content (AvgIpc) is 2.91. The maximum absolute atomic E-state index is 13.8. The Hall–Kier alpha value is -2.19. The molecule has 3 amide bonds. The number of piperidine rings is 1. The smallest absolute Gasteiger partial charge is 0.293 e. The van der Waals surface area contributed by atoms with Gasteiger partial charge in [0.15, 0.2) is 0 Å². The Balaban J connectivity index is 1.49. The van der Waals surface area contributed by atoms with Crippen LogP contribution < -0.4 is 5.32 Å². The molecule has 1 aromatic carbocycles. The lowest BCUT2D eigenvalue weighted by Gasteiger charge is -2.30. The number of nitrogens with one attached hydrogen (secondary N) is 1. The quantitative estimate of drug-likeness (QED) is 0.737. The van der Waals surface area contributed by atoms with E-state index in [-0.39, 0.29) is 29.5 Å². The largest absolute Gasteiger partial charge is 0.353 e. The SMILES string of the molecule is CC1CCCN(CC(=O)NCCN2C(=O)S/C(=C\c3ccccc3F)C2=O)C1. The first kappa shape index (κ1) is 20.5. The molecule has 28 heavy (non-hydrogen) atoms. The molecule has 1 aromatic rings. The van der Waals surface area contributed by atoms with Crippen LogP contribution in [0.4, 0.5) is 9.18 Å². The van der Waals surface area contributed by atoms with Gasteiger partial charge in [-0.2, -0.15) is 0 Å². The summed E-state index contributed by atoms with van der Waals surface area (Å²) in [4.78, 5) is 40.0. The van der Waals surface area contributed by atoms with E-state index in [1.165, 1.54) is 18.6 Å². The van der Waals surface area contributed by atoms with E-state index in [0.29, 0.717) is 12.5 Å². The number of carbonyl (C=O) groups excluding carboxylic acids is 3. The molecule has 0 aliphatic carbocycles. The Kier molecular flexibility index (Phi) is 6.85. The van der Waals surface area contributed by atoms with Gasteiger partial charge in [0.2, 0.25) is 5.91 Å². The second kappa shape index (κ2) is 9.34. The van der Waals surface area contributed by atoms with Gasteiger partial charge < -0.3 is 5.32 Å². The molecule has 2 fully saturated rings. The van der Waals surface area contributed by atoms with Crippen molar-refractivity contribution < 1.29 is 18.8 Å². The lowest BCUT2D eigenvalue weighted by atomic mass is 10.0. The molecule has 2 heterocycles. The van der Waals surface area contributed by atoms with Crippen molar-refractivity contribution in [1.29, 1.82) is 0 Å². The first-order valence-electron chi connectivity index (χ1n) is 9.43. The van der Waals surface area contributed by atoms with Crippen LogP contribution in [0, 0.1) is 11.7 Å². The number of amides is 3. The maximum atomic E-state index is 13.8. The molecule has 0 bridgehead atoms. The highest BCUT2D eigenvalue weighted by molar-refractivity contribution is 8.18. The Morgan fingerprint density at radius 2 is 2.14 bits per heavy atom. The van der Waals surface area contributed by atoms with Gasteiger partial charge in [0.05, 0.1) is 11.4 Å². The number of nitrogens with zero attached hydrogens (tertiary/aromatic N) is 2. The van der Waals surface area contributed by atoms with Crippen molar-refractivity contribution in [2.75, 3.05) is 32.7 Å². The molecular weight excluding hydrogens is 381 g/mol. The van der Waals surface area contributed by atoms with E-state index in [4.69, 9.17) is 0 Å². The van der Waals surface area contributed by atoms with Crippen LogP contribution in [0.2, 0.25) is 0 Å². The molecule has 2 aliphatic heterocycles. The summed E-state index contributed by atoms with van der Waals surface area (Å²) in [5, 5.41) is 2.36. The lowest BCUT2D eigenvalue weighted by Crippen LogP contribution is -2.44. The zero-order valence-electron chi connectivity index (χ0n) is 15.8. The number of benzene rings is 1. The second-order valence-electron chi connectivity index (χ2n) is 7.19. The minimum atomic E-state index is -0.461. The standard InChI is InChI=1S/C20H24FN3O3S/c1-14-5-4-9-23(12-14)13-18(25)22-8-10-24-19(26)17(28-20(24)27)11-15-6-2-3-7-16(15)21/h2-3,6-7,11,14H,4-5,8-10,12-13H2,1H3,(H,22,25)/b17-11-. The molecule has 0 aromatic heterocycles. The van der Waals surface area contributed by atoms with Gasteiger partial charge >= 0.3 is 0 Å². The third-order valence-corrected chi connectivity index (χ3v) is 5.74. The summed E-state index contributed by atoms with van der Waals surface area (Å²) in [5.41, 5.74) is 0.261. The van der Waals surface area contributed by atoms with Crippen molar-refractivity contribution in [3.8, 4) is 0 Å². The molecule has 3 rings (SSSR count). The molecule has 2 aliphatic rings. The summed E-state index contributed by atoms with van der Waals surface area (Å²) in [6.07, 6.45) is 3.67. The monoisotopic (exact) mass is 405 g/mol. The number of hydrogen-bond donors (Lipinski definition) is 1. The van der Waals surface area contributed by atoms with Crippen LogP contribution in [0.15, 0.2) is 29.2 Å². The normalized spacial score (nSPS) is 22.1. The summed E-state index contributed by atoms with van der Waals surface area (Å²) in [6, 6.07) is 6.07. The molecule has 6 nitrogen and oxygen atoms in total. The zero-order valence-corrected chi connectivity index (χ0v) is 16.6. The van der Waals surface area contributed by atoms with Gasteiger partial charge in [-0.05, 0) is 49.2 Å². The van der Waals surface area contributed by atoms with Gasteiger partial charge in [-0.1, -0.05) is 25.1 Å². The fourth-order valence-electron chi connectivity index (χ4n) is 3.42. The Bertz CT molecular complexity index is 799. The van der Waals surface area contributed by atoms with Crippen LogP contribution >= 0.6 is 11.8 Å². The van der Waals surface area contributed by atoms with Gasteiger partial charge in [0.25, 0.3) is 11.1 Å². The summed E-state index contributed by atoms with van der Waals surface area (Å²) in [5.74, 6) is -0.424. The zero-order chi connectivity index (χ0) is 20.1. The average molecular weight is 405 g/mol. The number of carbonyl (C=O) groups is 3. The predicted octanol–water partition coefficient (Wildman–Crippen LogP) is 2.71. The third-order valence-electron chi connectivity index (χ3n) is 4.83. The minimum Gasteiger partial charge on any atom is -0.353 e. The number of likely N-dealkylation sites (tertiary alicyclic amines) is 1. The Labute approximate surface area is 168 Å². The van der Waals surface area contributed by atoms with Gasteiger partial charge in [-0.25, -0.2) is 4.39 Å². The van der Waals surface area contributed by atoms with E-state index in [0.717, 1.165) is 36.2 Å². The maximum Gasteiger partial charge on any atom is 0.293 e.